The Morgan fingerprint density at radius 3 is 1.23 bits per heavy atom. The molecule has 0 spiro atoms. The number of fused-ring (bicyclic) bond motifs is 4. The highest BCUT2D eigenvalue weighted by Gasteiger charge is 2.15. The first-order chi connectivity index (χ1) is 29.7. The van der Waals surface area contributed by atoms with Gasteiger partial charge >= 0.3 is 0 Å². The van der Waals surface area contributed by atoms with Gasteiger partial charge in [0.1, 0.15) is 0 Å². The second-order valence-electron chi connectivity index (χ2n) is 15.4. The quantitative estimate of drug-likeness (QED) is 0.148. The average molecular weight is 782 g/mol. The van der Waals surface area contributed by atoms with E-state index >= 15 is 0 Å². The van der Waals surface area contributed by atoms with E-state index in [9.17, 15) is 0 Å². The molecule has 0 saturated heterocycles. The van der Waals surface area contributed by atoms with Crippen LogP contribution in [-0.4, -0.2) is 0 Å². The molecule has 0 bridgehead atoms. The molecule has 0 aliphatic heterocycles. The molecule has 0 saturated carbocycles. The molecule has 0 amide bonds. The number of thiophene rings is 1. The summed E-state index contributed by atoms with van der Waals surface area (Å²) in [7, 11) is 0. The maximum atomic E-state index is 2.37. The minimum Gasteiger partial charge on any atom is -0.310 e. The van der Waals surface area contributed by atoms with Gasteiger partial charge in [-0.3, -0.25) is 0 Å². The van der Waals surface area contributed by atoms with Gasteiger partial charge < -0.3 is 4.90 Å². The number of benzene rings is 10. The van der Waals surface area contributed by atoms with E-state index in [1.807, 2.05) is 11.3 Å². The van der Waals surface area contributed by atoms with Crippen molar-refractivity contribution in [2.24, 2.45) is 0 Å². The summed E-state index contributed by atoms with van der Waals surface area (Å²) in [5.74, 6) is 0. The van der Waals surface area contributed by atoms with Gasteiger partial charge in [0.2, 0.25) is 0 Å². The Morgan fingerprint density at radius 2 is 0.667 bits per heavy atom. The van der Waals surface area contributed by atoms with Crippen molar-refractivity contribution in [1.82, 2.24) is 0 Å². The topological polar surface area (TPSA) is 3.24 Å². The fourth-order valence-electron chi connectivity index (χ4n) is 8.50. The zero-order valence-corrected chi connectivity index (χ0v) is 33.7. The van der Waals surface area contributed by atoms with Crippen LogP contribution >= 0.6 is 11.3 Å². The lowest BCUT2D eigenvalue weighted by Crippen LogP contribution is -2.10. The van der Waals surface area contributed by atoms with Crippen molar-refractivity contribution < 1.29 is 0 Å². The molecule has 1 aromatic heterocycles. The predicted octanol–water partition coefficient (Wildman–Crippen LogP) is 17.0. The first kappa shape index (κ1) is 35.6. The van der Waals surface area contributed by atoms with E-state index in [4.69, 9.17) is 0 Å². The van der Waals surface area contributed by atoms with Crippen molar-refractivity contribution in [2.45, 2.75) is 0 Å². The number of anilines is 3. The second-order valence-corrected chi connectivity index (χ2v) is 16.5. The summed E-state index contributed by atoms with van der Waals surface area (Å²) >= 11 is 1.87. The largest absolute Gasteiger partial charge is 0.310 e. The summed E-state index contributed by atoms with van der Waals surface area (Å²) in [5, 5.41) is 5.19. The minimum absolute atomic E-state index is 1.10. The molecule has 0 atom stereocenters. The third-order valence-corrected chi connectivity index (χ3v) is 12.8. The summed E-state index contributed by atoms with van der Waals surface area (Å²) < 4.78 is 2.67. The van der Waals surface area contributed by atoms with Crippen LogP contribution in [0.2, 0.25) is 0 Å². The molecular formula is C58H39NS. The third-order valence-electron chi connectivity index (χ3n) is 11.7. The van der Waals surface area contributed by atoms with Crippen LogP contribution in [0.1, 0.15) is 0 Å². The zero-order valence-electron chi connectivity index (χ0n) is 32.9. The fourth-order valence-corrected chi connectivity index (χ4v) is 9.63. The van der Waals surface area contributed by atoms with Crippen LogP contribution in [0.4, 0.5) is 17.1 Å². The maximum Gasteiger partial charge on any atom is 0.0467 e. The van der Waals surface area contributed by atoms with E-state index in [0.29, 0.717) is 0 Å². The van der Waals surface area contributed by atoms with Gasteiger partial charge in [0.15, 0.2) is 0 Å². The number of hydrogen-bond acceptors (Lipinski definition) is 2. The van der Waals surface area contributed by atoms with E-state index in [0.717, 1.165) is 17.1 Å². The normalized spacial score (nSPS) is 11.3. The highest BCUT2D eigenvalue weighted by Crippen LogP contribution is 2.40. The van der Waals surface area contributed by atoms with E-state index in [1.54, 1.807) is 0 Å². The Labute approximate surface area is 354 Å². The van der Waals surface area contributed by atoms with Crippen LogP contribution in [-0.2, 0) is 0 Å². The van der Waals surface area contributed by atoms with E-state index < -0.39 is 0 Å². The lowest BCUT2D eigenvalue weighted by Gasteiger charge is -2.26. The highest BCUT2D eigenvalue weighted by atomic mass is 32.1. The van der Waals surface area contributed by atoms with Crippen LogP contribution in [0, 0.1) is 0 Å². The molecule has 0 fully saturated rings. The molecule has 60 heavy (non-hydrogen) atoms. The lowest BCUT2D eigenvalue weighted by atomic mass is 9.98. The van der Waals surface area contributed by atoms with Crippen molar-refractivity contribution in [1.29, 1.82) is 0 Å². The van der Waals surface area contributed by atoms with Crippen LogP contribution < -0.4 is 4.90 Å². The molecule has 2 heteroatoms. The Bertz CT molecular complexity index is 3260. The molecule has 11 aromatic rings. The standard InChI is InChI=1S/C58H39NS/c1-3-10-40(11-4-1)42-18-20-44(21-19-42)45-28-32-52(33-29-45)59(54-15-9-14-48(37-54)46-24-22-43(23-25-46)41-12-5-2-6-13-41)53-34-30-47(31-35-53)49-26-27-50-39-58-56(38-51(50)36-49)55-16-7-8-17-57(55)60-58/h1-39H. The fraction of sp³-hybridized carbons (Fsp3) is 0. The molecule has 0 aliphatic rings. The van der Waals surface area contributed by atoms with Gasteiger partial charge in [0.05, 0.1) is 0 Å². The molecule has 0 aliphatic carbocycles. The molecule has 0 N–H and O–H groups in total. The van der Waals surface area contributed by atoms with Crippen molar-refractivity contribution in [3.63, 3.8) is 0 Å². The van der Waals surface area contributed by atoms with Gasteiger partial charge in [-0.15, -0.1) is 11.3 Å². The predicted molar refractivity (Wildman–Crippen MR) is 259 cm³/mol. The van der Waals surface area contributed by atoms with Gasteiger partial charge in [0.25, 0.3) is 0 Å². The zero-order chi connectivity index (χ0) is 39.8. The Kier molecular flexibility index (Phi) is 9.11. The molecule has 0 unspecified atom stereocenters. The number of rotatable bonds is 8. The first-order valence-corrected chi connectivity index (χ1v) is 21.3. The average Bonchev–Trinajstić information content (AvgIpc) is 3.69. The van der Waals surface area contributed by atoms with Gasteiger partial charge in [0, 0.05) is 37.2 Å². The van der Waals surface area contributed by atoms with Gasteiger partial charge in [-0.2, -0.15) is 0 Å². The molecule has 1 nitrogen and oxygen atoms in total. The van der Waals surface area contributed by atoms with Crippen LogP contribution in [0.3, 0.4) is 0 Å². The lowest BCUT2D eigenvalue weighted by molar-refractivity contribution is 1.28. The second kappa shape index (κ2) is 15.3. The van der Waals surface area contributed by atoms with Crippen LogP contribution in [0.25, 0.3) is 86.6 Å². The molecule has 11 rings (SSSR count). The van der Waals surface area contributed by atoms with Crippen LogP contribution in [0.15, 0.2) is 237 Å². The molecule has 0 radical (unpaired) electrons. The molecule has 1 heterocycles. The Morgan fingerprint density at radius 1 is 0.233 bits per heavy atom. The smallest absolute Gasteiger partial charge is 0.0467 e. The Hall–Kier alpha value is -7.52. The minimum atomic E-state index is 1.10. The summed E-state index contributed by atoms with van der Waals surface area (Å²) in [5.41, 5.74) is 15.3. The number of hydrogen-bond donors (Lipinski definition) is 0. The summed E-state index contributed by atoms with van der Waals surface area (Å²) in [6.45, 7) is 0. The van der Waals surface area contributed by atoms with Crippen molar-refractivity contribution >= 4 is 59.3 Å². The monoisotopic (exact) mass is 781 g/mol. The maximum absolute atomic E-state index is 2.37. The summed E-state index contributed by atoms with van der Waals surface area (Å²) in [6, 6.07) is 86.1. The molecule has 282 valence electrons. The summed E-state index contributed by atoms with van der Waals surface area (Å²) in [6.07, 6.45) is 0. The van der Waals surface area contributed by atoms with E-state index in [-0.39, 0.29) is 0 Å². The van der Waals surface area contributed by atoms with Gasteiger partial charge in [-0.1, -0.05) is 176 Å². The first-order valence-electron chi connectivity index (χ1n) is 20.5. The number of nitrogens with zero attached hydrogens (tertiary/aromatic N) is 1. The molecule has 10 aromatic carbocycles. The SMILES string of the molecule is c1ccc(-c2ccc(-c3ccc(N(c4ccc(-c5ccc6cc7sc8ccccc8c7cc6c5)cc4)c4cccc(-c5ccc(-c6ccccc6)cc5)c4)cc3)cc2)cc1. The van der Waals surface area contributed by atoms with Crippen molar-refractivity contribution in [3.8, 4) is 55.6 Å². The molecular weight excluding hydrogens is 743 g/mol. The van der Waals surface area contributed by atoms with Crippen molar-refractivity contribution in [2.75, 3.05) is 4.90 Å². The van der Waals surface area contributed by atoms with Crippen molar-refractivity contribution in [3.05, 3.63) is 237 Å². The summed E-state index contributed by atoms with van der Waals surface area (Å²) in [4.78, 5) is 2.37. The van der Waals surface area contributed by atoms with E-state index in [2.05, 4.69) is 241 Å². The Balaban J connectivity index is 0.945. The van der Waals surface area contributed by atoms with E-state index in [1.165, 1.54) is 86.6 Å². The van der Waals surface area contributed by atoms with Crippen LogP contribution in [0.5, 0.6) is 0 Å². The third kappa shape index (κ3) is 6.83. The van der Waals surface area contributed by atoms with Gasteiger partial charge in [-0.05, 0) is 127 Å². The van der Waals surface area contributed by atoms with Gasteiger partial charge in [-0.25, -0.2) is 0 Å². The highest BCUT2D eigenvalue weighted by molar-refractivity contribution is 7.25.